The fraction of sp³-hybridized carbons (Fsp3) is 0.281. The number of carbonyl (C=O) groups is 3. The van der Waals surface area contributed by atoms with E-state index >= 15 is 0 Å². The Morgan fingerprint density at radius 1 is 0.784 bits per heavy atom. The number of rotatable bonds is 6. The molecule has 0 radical (unpaired) electrons. The summed E-state index contributed by atoms with van der Waals surface area (Å²) in [5.74, 6) is -1.54. The summed E-state index contributed by atoms with van der Waals surface area (Å²) in [4.78, 5) is 44.4. The summed E-state index contributed by atoms with van der Waals surface area (Å²) < 4.78 is 5.37. The summed E-state index contributed by atoms with van der Waals surface area (Å²) in [7, 11) is 1.56. The van der Waals surface area contributed by atoms with Gasteiger partial charge in [-0.1, -0.05) is 80.1 Å². The van der Waals surface area contributed by atoms with Crippen molar-refractivity contribution in [1.29, 1.82) is 0 Å². The van der Waals surface area contributed by atoms with E-state index in [1.807, 2.05) is 74.5 Å². The van der Waals surface area contributed by atoms with Gasteiger partial charge in [-0.25, -0.2) is 4.90 Å². The van der Waals surface area contributed by atoms with Crippen molar-refractivity contribution in [1.82, 2.24) is 0 Å². The second kappa shape index (κ2) is 8.27. The first-order valence-electron chi connectivity index (χ1n) is 12.8. The number of carbonyl (C=O) groups excluding carboxylic acids is 3. The molecule has 0 spiro atoms. The monoisotopic (exact) mass is 491 g/mol. The van der Waals surface area contributed by atoms with Gasteiger partial charge in [0.2, 0.25) is 11.8 Å². The fourth-order valence-corrected chi connectivity index (χ4v) is 7.36. The number of hydrogen-bond acceptors (Lipinski definition) is 4. The van der Waals surface area contributed by atoms with Crippen LogP contribution in [0.2, 0.25) is 0 Å². The predicted octanol–water partition coefficient (Wildman–Crippen LogP) is 5.80. The van der Waals surface area contributed by atoms with E-state index in [0.29, 0.717) is 24.3 Å². The summed E-state index contributed by atoms with van der Waals surface area (Å²) in [6.45, 7) is 3.93. The number of allylic oxidation sites excluding steroid dienone is 2. The molecule has 2 aliphatic carbocycles. The van der Waals surface area contributed by atoms with Crippen molar-refractivity contribution >= 4 is 34.4 Å². The minimum absolute atomic E-state index is 0.00143. The van der Waals surface area contributed by atoms with Gasteiger partial charge in [0.25, 0.3) is 0 Å². The van der Waals surface area contributed by atoms with Gasteiger partial charge >= 0.3 is 0 Å². The maximum absolute atomic E-state index is 14.6. The highest BCUT2D eigenvalue weighted by molar-refractivity contribution is 6.34. The molecule has 2 amide bonds. The van der Waals surface area contributed by atoms with Crippen LogP contribution in [0.3, 0.4) is 0 Å². The van der Waals surface area contributed by atoms with E-state index in [9.17, 15) is 14.4 Å². The second-order valence-corrected chi connectivity index (χ2v) is 10.4. The molecule has 0 N–H and O–H groups in total. The van der Waals surface area contributed by atoms with E-state index in [2.05, 4.69) is 0 Å². The van der Waals surface area contributed by atoms with Crippen LogP contribution >= 0.6 is 0 Å². The molecule has 3 aromatic carbocycles. The van der Waals surface area contributed by atoms with E-state index in [1.54, 1.807) is 31.4 Å². The van der Waals surface area contributed by atoms with Gasteiger partial charge in [-0.05, 0) is 47.8 Å². The zero-order chi connectivity index (χ0) is 25.9. The maximum atomic E-state index is 14.6. The van der Waals surface area contributed by atoms with E-state index < -0.39 is 22.7 Å². The molecule has 5 nitrogen and oxygen atoms in total. The predicted molar refractivity (Wildman–Crippen MR) is 143 cm³/mol. The van der Waals surface area contributed by atoms with Gasteiger partial charge in [-0.15, -0.1) is 0 Å². The number of imide groups is 1. The Balaban J connectivity index is 1.64. The third-order valence-corrected chi connectivity index (χ3v) is 8.63. The van der Waals surface area contributed by atoms with Crippen molar-refractivity contribution in [2.24, 2.45) is 22.7 Å². The van der Waals surface area contributed by atoms with Crippen molar-refractivity contribution in [3.05, 3.63) is 96.1 Å². The lowest BCUT2D eigenvalue weighted by Crippen LogP contribution is -2.41. The Morgan fingerprint density at radius 2 is 1.38 bits per heavy atom. The molecule has 5 heteroatoms. The van der Waals surface area contributed by atoms with Crippen LogP contribution in [0.25, 0.3) is 11.1 Å². The summed E-state index contributed by atoms with van der Waals surface area (Å²) in [5, 5.41) is 0. The van der Waals surface area contributed by atoms with Crippen LogP contribution in [0.5, 0.6) is 5.75 Å². The van der Waals surface area contributed by atoms with Crippen molar-refractivity contribution in [2.75, 3.05) is 12.0 Å². The molecule has 6 rings (SSSR count). The highest BCUT2D eigenvalue weighted by Crippen LogP contribution is 2.75. The molecule has 186 valence electrons. The number of hydrogen-bond donors (Lipinski definition) is 0. The van der Waals surface area contributed by atoms with Gasteiger partial charge in [0.15, 0.2) is 5.78 Å². The third-order valence-electron chi connectivity index (χ3n) is 8.63. The van der Waals surface area contributed by atoms with Crippen molar-refractivity contribution in [2.45, 2.75) is 26.7 Å². The van der Waals surface area contributed by atoms with Crippen molar-refractivity contribution in [3.63, 3.8) is 0 Å². The fourth-order valence-electron chi connectivity index (χ4n) is 7.36. The quantitative estimate of drug-likeness (QED) is 0.409. The molecule has 1 heterocycles. The molecular weight excluding hydrogens is 462 g/mol. The Hall–Kier alpha value is -3.99. The maximum Gasteiger partial charge on any atom is 0.239 e. The summed E-state index contributed by atoms with van der Waals surface area (Å²) >= 11 is 0. The summed E-state index contributed by atoms with van der Waals surface area (Å²) in [6.07, 6.45) is 1.22. The first-order chi connectivity index (χ1) is 17.9. The van der Waals surface area contributed by atoms with Crippen LogP contribution in [0.1, 0.15) is 37.8 Å². The Kier molecular flexibility index (Phi) is 5.23. The lowest BCUT2D eigenvalue weighted by atomic mass is 9.61. The average molecular weight is 492 g/mol. The first-order valence-corrected chi connectivity index (χ1v) is 12.8. The number of anilines is 1. The molecule has 0 aromatic heterocycles. The molecule has 3 aliphatic rings. The van der Waals surface area contributed by atoms with Crippen LogP contribution in [-0.2, 0) is 14.4 Å². The zero-order valence-corrected chi connectivity index (χ0v) is 21.2. The normalized spacial score (nSPS) is 28.3. The number of ether oxygens (including phenoxy) is 1. The zero-order valence-electron chi connectivity index (χ0n) is 21.2. The molecule has 2 bridgehead atoms. The summed E-state index contributed by atoms with van der Waals surface area (Å²) in [5.41, 5.74) is 1.94. The third kappa shape index (κ3) is 2.88. The van der Waals surface area contributed by atoms with Gasteiger partial charge in [0, 0.05) is 6.07 Å². The average Bonchev–Trinajstić information content (AvgIpc) is 3.39. The SMILES string of the molecule is CCC[C@]12C(=O)[C@@](C)(C(c3ccccc3)=C1c1ccccc1)[C@@H]1C(=O)N(c3cccc(OC)c3)C(=O)[C@H]12. The minimum Gasteiger partial charge on any atom is -0.497 e. The van der Waals surface area contributed by atoms with E-state index in [-0.39, 0.29) is 17.6 Å². The number of nitrogens with zero attached hydrogens (tertiary/aromatic N) is 1. The van der Waals surface area contributed by atoms with Gasteiger partial charge in [0.05, 0.1) is 35.5 Å². The van der Waals surface area contributed by atoms with Gasteiger partial charge in [-0.3, -0.25) is 14.4 Å². The number of ketones is 1. The Bertz CT molecular complexity index is 1460. The molecule has 1 saturated carbocycles. The highest BCUT2D eigenvalue weighted by Gasteiger charge is 2.80. The Labute approximate surface area is 216 Å². The molecule has 37 heavy (non-hydrogen) atoms. The molecule has 4 atom stereocenters. The number of Topliss-reactive ketones (excluding diaryl/α,β-unsaturated/α-hetero) is 1. The van der Waals surface area contributed by atoms with Crippen LogP contribution in [0.4, 0.5) is 5.69 Å². The molecule has 0 unspecified atom stereocenters. The minimum atomic E-state index is -1.12. The molecular formula is C32H29NO4. The number of fused-ring (bicyclic) bond motifs is 5. The van der Waals surface area contributed by atoms with E-state index in [0.717, 1.165) is 22.3 Å². The second-order valence-electron chi connectivity index (χ2n) is 10.4. The number of amides is 2. The van der Waals surface area contributed by atoms with Gasteiger partial charge in [-0.2, -0.15) is 0 Å². The van der Waals surface area contributed by atoms with E-state index in [1.165, 1.54) is 4.90 Å². The largest absolute Gasteiger partial charge is 0.497 e. The lowest BCUT2D eigenvalue weighted by Gasteiger charge is -2.37. The molecule has 3 aromatic rings. The molecule has 1 aliphatic heterocycles. The highest BCUT2D eigenvalue weighted by atomic mass is 16.5. The number of methoxy groups -OCH3 is 1. The summed E-state index contributed by atoms with van der Waals surface area (Å²) in [6, 6.07) is 26.8. The Morgan fingerprint density at radius 3 is 1.97 bits per heavy atom. The van der Waals surface area contributed by atoms with Crippen molar-refractivity contribution < 1.29 is 19.1 Å². The van der Waals surface area contributed by atoms with Crippen LogP contribution in [0, 0.1) is 22.7 Å². The lowest BCUT2D eigenvalue weighted by molar-refractivity contribution is -0.134. The van der Waals surface area contributed by atoms with Crippen molar-refractivity contribution in [3.8, 4) is 5.75 Å². The number of benzene rings is 3. The van der Waals surface area contributed by atoms with Crippen LogP contribution in [-0.4, -0.2) is 24.7 Å². The standard InChI is InChI=1S/C32H29NO4/c1-4-18-32-25(21-14-9-6-10-15-21)24(20-12-7-5-8-13-20)31(2,30(32)36)26-27(32)29(35)33(28(26)34)22-16-11-17-23(19-22)37-3/h5-17,19,26-27H,4,18H2,1-3H3/t26-,27-,31-,32-/m0/s1. The smallest absolute Gasteiger partial charge is 0.239 e. The van der Waals surface area contributed by atoms with E-state index in [4.69, 9.17) is 4.74 Å². The molecule has 1 saturated heterocycles. The van der Waals surface area contributed by atoms with Crippen LogP contribution < -0.4 is 9.64 Å². The van der Waals surface area contributed by atoms with Gasteiger partial charge in [0.1, 0.15) is 5.75 Å². The first kappa shape index (κ1) is 23.4. The van der Waals surface area contributed by atoms with Gasteiger partial charge < -0.3 is 4.74 Å². The van der Waals surface area contributed by atoms with Crippen LogP contribution in [0.15, 0.2) is 84.9 Å². The molecule has 2 fully saturated rings. The topological polar surface area (TPSA) is 63.7 Å².